The topological polar surface area (TPSA) is 96.6 Å². The number of fused-ring (bicyclic) bond motifs is 1. The van der Waals surface area contributed by atoms with E-state index in [2.05, 4.69) is 15.3 Å². The molecule has 0 aliphatic heterocycles. The van der Waals surface area contributed by atoms with E-state index in [0.29, 0.717) is 34.1 Å². The van der Waals surface area contributed by atoms with Crippen LogP contribution in [-0.2, 0) is 17.3 Å². The number of carbonyl (C=O) groups excluding carboxylic acids is 1. The van der Waals surface area contributed by atoms with Crippen LogP contribution in [0.1, 0.15) is 47.4 Å². The normalized spacial score (nSPS) is 13.1. The molecule has 0 radical (unpaired) electrons. The third-order valence-electron chi connectivity index (χ3n) is 5.14. The lowest BCUT2D eigenvalue weighted by Crippen LogP contribution is -2.23. The maximum atomic E-state index is 12.9. The molecule has 1 unspecified atom stereocenters. The summed E-state index contributed by atoms with van der Waals surface area (Å²) in [7, 11) is -1.32. The van der Waals surface area contributed by atoms with Crippen LogP contribution in [0.15, 0.2) is 83.1 Å². The number of rotatable bonds is 8. The van der Waals surface area contributed by atoms with Crippen LogP contribution in [0.25, 0.3) is 5.78 Å². The molecule has 0 saturated carbocycles. The molecular formula is C24H24N4O3S. The average Bonchev–Trinajstić information content (AvgIpc) is 3.30. The summed E-state index contributed by atoms with van der Waals surface area (Å²) in [4.78, 5) is 22.0. The molecule has 0 spiro atoms. The highest BCUT2D eigenvalue weighted by Gasteiger charge is 2.11. The van der Waals surface area contributed by atoms with E-state index in [1.807, 2.05) is 31.2 Å². The minimum Gasteiger partial charge on any atom is -0.388 e. The van der Waals surface area contributed by atoms with E-state index < -0.39 is 16.9 Å². The van der Waals surface area contributed by atoms with Crippen molar-refractivity contribution >= 4 is 22.5 Å². The van der Waals surface area contributed by atoms with Crippen molar-refractivity contribution in [1.29, 1.82) is 0 Å². The molecule has 4 aromatic rings. The third-order valence-corrected chi connectivity index (χ3v) is 6.54. The van der Waals surface area contributed by atoms with Crippen LogP contribution in [0.4, 0.5) is 0 Å². The molecule has 2 aromatic carbocycles. The predicted molar refractivity (Wildman–Crippen MR) is 122 cm³/mol. The molecule has 0 saturated heterocycles. The highest BCUT2D eigenvalue weighted by molar-refractivity contribution is 7.85. The summed E-state index contributed by atoms with van der Waals surface area (Å²) >= 11 is 0. The van der Waals surface area contributed by atoms with E-state index >= 15 is 0 Å². The van der Waals surface area contributed by atoms with Crippen LogP contribution in [0, 0.1) is 0 Å². The number of amides is 1. The van der Waals surface area contributed by atoms with Crippen LogP contribution in [0.5, 0.6) is 0 Å². The fourth-order valence-electron chi connectivity index (χ4n) is 3.34. The van der Waals surface area contributed by atoms with E-state index in [1.165, 1.54) is 6.20 Å². The standard InChI is InChI=1S/C24H24N4O3S/c1-2-3-22(29)18-6-10-21(11-7-18)32(31)20-8-4-17(5-9-20)14-26-23(30)19-15-27-24-25-12-13-28(24)16-19/h4-13,15-16,22,29H,2-3,14H2,1H3,(H,26,30)/t22-,32?/m1/s1. The molecule has 2 atom stereocenters. The van der Waals surface area contributed by atoms with Crippen LogP contribution in [0.3, 0.4) is 0 Å². The Bertz CT molecular complexity index is 1240. The number of benzene rings is 2. The lowest BCUT2D eigenvalue weighted by atomic mass is 10.1. The molecule has 2 heterocycles. The van der Waals surface area contributed by atoms with Crippen molar-refractivity contribution in [2.45, 2.75) is 42.2 Å². The highest BCUT2D eigenvalue weighted by Crippen LogP contribution is 2.22. The van der Waals surface area contributed by atoms with Gasteiger partial charge in [-0.15, -0.1) is 0 Å². The summed E-state index contributed by atoms with van der Waals surface area (Å²) in [5.74, 6) is 0.308. The molecule has 7 nitrogen and oxygen atoms in total. The van der Waals surface area contributed by atoms with Gasteiger partial charge in [-0.1, -0.05) is 37.6 Å². The molecule has 4 rings (SSSR count). The first kappa shape index (κ1) is 21.9. The fourth-order valence-corrected chi connectivity index (χ4v) is 4.38. The average molecular weight is 449 g/mol. The van der Waals surface area contributed by atoms with Gasteiger partial charge in [-0.3, -0.25) is 9.20 Å². The summed E-state index contributed by atoms with van der Waals surface area (Å²) in [5, 5.41) is 13.0. The van der Waals surface area contributed by atoms with Gasteiger partial charge in [0.15, 0.2) is 0 Å². The molecule has 2 N–H and O–H groups in total. The van der Waals surface area contributed by atoms with Crippen LogP contribution < -0.4 is 5.32 Å². The molecule has 2 aromatic heterocycles. The molecule has 164 valence electrons. The molecular weight excluding hydrogens is 424 g/mol. The van der Waals surface area contributed by atoms with Gasteiger partial charge in [-0.2, -0.15) is 0 Å². The second-order valence-corrected chi connectivity index (χ2v) is 8.93. The van der Waals surface area contributed by atoms with E-state index in [1.54, 1.807) is 47.3 Å². The molecule has 8 heteroatoms. The van der Waals surface area contributed by atoms with Gasteiger partial charge < -0.3 is 10.4 Å². The SMILES string of the molecule is CCC[C@@H](O)c1ccc(S(=O)c2ccc(CNC(=O)c3cnc4nccn4c3)cc2)cc1. The summed E-state index contributed by atoms with van der Waals surface area (Å²) in [6.45, 7) is 2.37. The van der Waals surface area contributed by atoms with E-state index in [0.717, 1.165) is 17.5 Å². The Morgan fingerprint density at radius 2 is 1.78 bits per heavy atom. The second-order valence-electron chi connectivity index (χ2n) is 7.45. The lowest BCUT2D eigenvalue weighted by Gasteiger charge is -2.10. The molecule has 0 fully saturated rings. The number of carbonyl (C=O) groups is 1. The van der Waals surface area contributed by atoms with Gasteiger partial charge >= 0.3 is 0 Å². The Balaban J connectivity index is 1.37. The van der Waals surface area contributed by atoms with Crippen molar-refractivity contribution < 1.29 is 14.1 Å². The smallest absolute Gasteiger partial charge is 0.254 e. The summed E-state index contributed by atoms with van der Waals surface area (Å²) in [6.07, 6.45) is 7.65. The van der Waals surface area contributed by atoms with Gasteiger partial charge in [-0.05, 0) is 41.8 Å². The second kappa shape index (κ2) is 9.84. The number of hydrogen-bond donors (Lipinski definition) is 2. The maximum absolute atomic E-state index is 12.9. The zero-order valence-electron chi connectivity index (χ0n) is 17.6. The van der Waals surface area contributed by atoms with Gasteiger partial charge in [0.1, 0.15) is 0 Å². The Labute approximate surface area is 188 Å². The first-order chi connectivity index (χ1) is 15.5. The number of aromatic nitrogens is 3. The molecule has 0 bridgehead atoms. The zero-order valence-corrected chi connectivity index (χ0v) is 18.5. The van der Waals surface area contributed by atoms with Gasteiger partial charge in [0.05, 0.1) is 22.5 Å². The highest BCUT2D eigenvalue weighted by atomic mass is 32.2. The van der Waals surface area contributed by atoms with Gasteiger partial charge in [0.2, 0.25) is 5.78 Å². The minimum absolute atomic E-state index is 0.230. The number of nitrogens with zero attached hydrogens (tertiary/aromatic N) is 3. The van der Waals surface area contributed by atoms with Crippen molar-refractivity contribution in [2.24, 2.45) is 0 Å². The van der Waals surface area contributed by atoms with Crippen molar-refractivity contribution in [1.82, 2.24) is 19.7 Å². The fraction of sp³-hybridized carbons (Fsp3) is 0.208. The number of hydrogen-bond acceptors (Lipinski definition) is 5. The van der Waals surface area contributed by atoms with Crippen LogP contribution >= 0.6 is 0 Å². The van der Waals surface area contributed by atoms with Gasteiger partial charge in [0, 0.05) is 41.1 Å². The van der Waals surface area contributed by atoms with Crippen LogP contribution in [0.2, 0.25) is 0 Å². The molecule has 1 amide bonds. The van der Waals surface area contributed by atoms with E-state index in [-0.39, 0.29) is 5.91 Å². The Hall–Kier alpha value is -3.36. The van der Waals surface area contributed by atoms with E-state index in [4.69, 9.17) is 0 Å². The van der Waals surface area contributed by atoms with Gasteiger partial charge in [-0.25, -0.2) is 14.2 Å². The molecule has 0 aliphatic rings. The summed E-state index contributed by atoms with van der Waals surface area (Å²) in [6, 6.07) is 14.6. The third kappa shape index (κ3) is 4.92. The van der Waals surface area contributed by atoms with E-state index in [9.17, 15) is 14.1 Å². The molecule has 0 aliphatic carbocycles. The largest absolute Gasteiger partial charge is 0.388 e. The Morgan fingerprint density at radius 3 is 2.47 bits per heavy atom. The predicted octanol–water partition coefficient (Wildman–Crippen LogP) is 3.66. The van der Waals surface area contributed by atoms with Crippen molar-refractivity contribution in [3.8, 4) is 0 Å². The number of nitrogens with one attached hydrogen (secondary N) is 1. The van der Waals surface area contributed by atoms with Gasteiger partial charge in [0.25, 0.3) is 5.91 Å². The number of aliphatic hydroxyl groups excluding tert-OH is 1. The first-order valence-electron chi connectivity index (χ1n) is 10.4. The summed E-state index contributed by atoms with van der Waals surface area (Å²) < 4.78 is 14.6. The first-order valence-corrected chi connectivity index (χ1v) is 11.6. The van der Waals surface area contributed by atoms with Crippen molar-refractivity contribution in [3.63, 3.8) is 0 Å². The Morgan fingerprint density at radius 1 is 1.09 bits per heavy atom. The van der Waals surface area contributed by atoms with Crippen molar-refractivity contribution in [2.75, 3.05) is 0 Å². The monoisotopic (exact) mass is 448 g/mol. The van der Waals surface area contributed by atoms with Crippen molar-refractivity contribution in [3.05, 3.63) is 90.0 Å². The number of imidazole rings is 1. The molecule has 32 heavy (non-hydrogen) atoms. The van der Waals surface area contributed by atoms with Crippen LogP contribution in [-0.4, -0.2) is 29.6 Å². The summed E-state index contributed by atoms with van der Waals surface area (Å²) in [5.41, 5.74) is 2.18. The lowest BCUT2D eigenvalue weighted by molar-refractivity contribution is 0.0950. The Kier molecular flexibility index (Phi) is 6.72. The quantitative estimate of drug-likeness (QED) is 0.429. The number of aliphatic hydroxyl groups is 1. The zero-order chi connectivity index (χ0) is 22.5. The minimum atomic E-state index is -1.32. The maximum Gasteiger partial charge on any atom is 0.254 e.